The number of rotatable bonds is 8. The van der Waals surface area contributed by atoms with Crippen molar-refractivity contribution in [2.24, 2.45) is 11.7 Å². The molecule has 3 aromatic rings. The second kappa shape index (κ2) is 10.7. The van der Waals surface area contributed by atoms with Crippen LogP contribution in [0.5, 0.6) is 11.5 Å². The molecular weight excluding hydrogens is 444 g/mol. The molecule has 2 aromatic carbocycles. The van der Waals surface area contributed by atoms with Crippen LogP contribution in [0, 0.1) is 5.92 Å². The molecule has 1 saturated heterocycles. The average Bonchev–Trinajstić information content (AvgIpc) is 3.27. The zero-order valence-electron chi connectivity index (χ0n) is 20.5. The van der Waals surface area contributed by atoms with Gasteiger partial charge in [-0.05, 0) is 62.9 Å². The Kier molecular flexibility index (Phi) is 7.44. The Bertz CT molecular complexity index is 1230. The number of carbonyl (C=O) groups is 2. The van der Waals surface area contributed by atoms with Crippen LogP contribution in [0.2, 0.25) is 0 Å². The number of nitrogens with zero attached hydrogens (tertiary/aromatic N) is 1. The van der Waals surface area contributed by atoms with Gasteiger partial charge < -0.3 is 24.5 Å². The molecule has 0 atom stereocenters. The molecule has 4 rings (SSSR count). The number of hydrogen-bond acceptors (Lipinski definition) is 5. The largest absolute Gasteiger partial charge is 0.494 e. The van der Waals surface area contributed by atoms with Crippen molar-refractivity contribution in [1.29, 1.82) is 0 Å². The van der Waals surface area contributed by atoms with Crippen molar-refractivity contribution in [3.05, 3.63) is 54.3 Å². The fraction of sp³-hybridized carbons (Fsp3) is 0.357. The van der Waals surface area contributed by atoms with E-state index < -0.39 is 0 Å². The number of primary amides is 1. The van der Waals surface area contributed by atoms with Crippen molar-refractivity contribution in [2.45, 2.75) is 33.6 Å². The van der Waals surface area contributed by atoms with Crippen LogP contribution in [-0.2, 0) is 9.59 Å². The van der Waals surface area contributed by atoms with Gasteiger partial charge in [0, 0.05) is 47.7 Å². The highest BCUT2D eigenvalue weighted by molar-refractivity contribution is 6.00. The zero-order chi connectivity index (χ0) is 24.9. The fourth-order valence-electron chi connectivity index (χ4n) is 4.50. The summed E-state index contributed by atoms with van der Waals surface area (Å²) in [6.45, 7) is 7.95. The van der Waals surface area contributed by atoms with Gasteiger partial charge in [-0.2, -0.15) is 0 Å². The first-order valence-corrected chi connectivity index (χ1v) is 12.1. The van der Waals surface area contributed by atoms with Crippen LogP contribution in [0.1, 0.15) is 39.2 Å². The summed E-state index contributed by atoms with van der Waals surface area (Å²) in [5, 5.41) is 0.940. The smallest absolute Gasteiger partial charge is 0.246 e. The third-order valence-corrected chi connectivity index (χ3v) is 6.43. The van der Waals surface area contributed by atoms with Gasteiger partial charge in [-0.1, -0.05) is 12.1 Å². The molecule has 2 amide bonds. The lowest BCUT2D eigenvalue weighted by atomic mass is 9.96. The fourth-order valence-corrected chi connectivity index (χ4v) is 4.50. The molecule has 0 saturated carbocycles. The molecule has 184 valence electrons. The predicted molar refractivity (Wildman–Crippen MR) is 136 cm³/mol. The normalized spacial score (nSPS) is 14.8. The highest BCUT2D eigenvalue weighted by Gasteiger charge is 2.25. The summed E-state index contributed by atoms with van der Waals surface area (Å²) in [6, 6.07) is 11.8. The number of allylic oxidation sites excluding steroid dienone is 1. The third-order valence-electron chi connectivity index (χ3n) is 6.43. The minimum Gasteiger partial charge on any atom is -0.494 e. The predicted octanol–water partition coefficient (Wildman–Crippen LogP) is 5.02. The van der Waals surface area contributed by atoms with E-state index in [-0.39, 0.29) is 17.7 Å². The van der Waals surface area contributed by atoms with Crippen LogP contribution in [0.3, 0.4) is 0 Å². The van der Waals surface area contributed by atoms with E-state index in [0.29, 0.717) is 50.5 Å². The van der Waals surface area contributed by atoms with Gasteiger partial charge in [0.05, 0.1) is 19.5 Å². The van der Waals surface area contributed by atoms with E-state index in [4.69, 9.17) is 19.6 Å². The molecule has 35 heavy (non-hydrogen) atoms. The quantitative estimate of drug-likeness (QED) is 0.461. The number of piperidine rings is 1. The molecule has 7 nitrogen and oxygen atoms in total. The van der Waals surface area contributed by atoms with E-state index >= 15 is 0 Å². The Morgan fingerprint density at radius 2 is 1.77 bits per heavy atom. The summed E-state index contributed by atoms with van der Waals surface area (Å²) in [7, 11) is 0. The monoisotopic (exact) mass is 476 g/mol. The summed E-state index contributed by atoms with van der Waals surface area (Å²) >= 11 is 0. The van der Waals surface area contributed by atoms with Crippen LogP contribution >= 0.6 is 0 Å². The Balaban J connectivity index is 1.65. The van der Waals surface area contributed by atoms with Gasteiger partial charge in [0.15, 0.2) is 0 Å². The first kappa shape index (κ1) is 24.4. The maximum Gasteiger partial charge on any atom is 0.246 e. The highest BCUT2D eigenvalue weighted by Crippen LogP contribution is 2.38. The number of nitrogens with two attached hydrogens (primary N) is 1. The SMILES string of the molecule is CCOc1ccc(-c2coc3cc(OCC)c(/C(C)=C/C(=O)N4CCC(C(N)=O)CC4)cc23)cc1. The van der Waals surface area contributed by atoms with Crippen LogP contribution in [-0.4, -0.2) is 43.0 Å². The second-order valence-electron chi connectivity index (χ2n) is 8.71. The van der Waals surface area contributed by atoms with Gasteiger partial charge in [0.25, 0.3) is 0 Å². The molecule has 0 bridgehead atoms. The van der Waals surface area contributed by atoms with E-state index in [2.05, 4.69) is 0 Å². The number of carbonyl (C=O) groups excluding carboxylic acids is 2. The molecule has 0 unspecified atom stereocenters. The zero-order valence-corrected chi connectivity index (χ0v) is 20.5. The van der Waals surface area contributed by atoms with E-state index in [9.17, 15) is 9.59 Å². The molecular formula is C28H32N2O5. The Labute approximate surface area is 205 Å². The van der Waals surface area contributed by atoms with Crippen molar-refractivity contribution in [3.63, 3.8) is 0 Å². The Morgan fingerprint density at radius 3 is 2.40 bits per heavy atom. The molecule has 0 radical (unpaired) electrons. The molecule has 1 aromatic heterocycles. The molecule has 0 spiro atoms. The van der Waals surface area contributed by atoms with Crippen LogP contribution in [0.4, 0.5) is 0 Å². The summed E-state index contributed by atoms with van der Waals surface area (Å²) < 4.78 is 17.3. The Hall–Kier alpha value is -3.74. The Morgan fingerprint density at radius 1 is 1.09 bits per heavy atom. The summed E-state index contributed by atoms with van der Waals surface area (Å²) in [4.78, 5) is 26.2. The summed E-state index contributed by atoms with van der Waals surface area (Å²) in [5.74, 6) is 0.967. The number of hydrogen-bond donors (Lipinski definition) is 1. The first-order chi connectivity index (χ1) is 16.9. The average molecular weight is 477 g/mol. The van der Waals surface area contributed by atoms with Gasteiger partial charge in [-0.15, -0.1) is 0 Å². The van der Waals surface area contributed by atoms with Gasteiger partial charge in [-0.25, -0.2) is 0 Å². The van der Waals surface area contributed by atoms with E-state index in [1.807, 2.05) is 57.2 Å². The molecule has 1 fully saturated rings. The van der Waals surface area contributed by atoms with Crippen molar-refractivity contribution in [3.8, 4) is 22.6 Å². The van der Waals surface area contributed by atoms with Crippen molar-refractivity contribution < 1.29 is 23.5 Å². The van der Waals surface area contributed by atoms with Crippen LogP contribution in [0.15, 0.2) is 53.2 Å². The summed E-state index contributed by atoms with van der Waals surface area (Å²) in [6.07, 6.45) is 4.59. The lowest BCUT2D eigenvalue weighted by molar-refractivity contribution is -0.130. The van der Waals surface area contributed by atoms with Crippen molar-refractivity contribution in [2.75, 3.05) is 26.3 Å². The highest BCUT2D eigenvalue weighted by atomic mass is 16.5. The molecule has 7 heteroatoms. The molecule has 1 aliphatic rings. The van der Waals surface area contributed by atoms with E-state index in [1.165, 1.54) is 0 Å². The lowest BCUT2D eigenvalue weighted by Crippen LogP contribution is -2.41. The first-order valence-electron chi connectivity index (χ1n) is 12.1. The maximum absolute atomic E-state index is 13.0. The third kappa shape index (κ3) is 5.34. The van der Waals surface area contributed by atoms with E-state index in [0.717, 1.165) is 33.4 Å². The van der Waals surface area contributed by atoms with Crippen molar-refractivity contribution in [1.82, 2.24) is 4.90 Å². The summed E-state index contributed by atoms with van der Waals surface area (Å²) in [5.41, 5.74) is 9.75. The number of likely N-dealkylation sites (tertiary alicyclic amines) is 1. The number of amides is 2. The van der Waals surface area contributed by atoms with E-state index in [1.54, 1.807) is 17.2 Å². The van der Waals surface area contributed by atoms with Crippen LogP contribution in [0.25, 0.3) is 27.7 Å². The van der Waals surface area contributed by atoms with Gasteiger partial charge >= 0.3 is 0 Å². The molecule has 2 heterocycles. The van der Waals surface area contributed by atoms with Crippen LogP contribution < -0.4 is 15.2 Å². The molecule has 0 aliphatic carbocycles. The topological polar surface area (TPSA) is 95.0 Å². The number of fused-ring (bicyclic) bond motifs is 1. The minimum atomic E-state index is -0.290. The van der Waals surface area contributed by atoms with Gasteiger partial charge in [0.1, 0.15) is 17.1 Å². The van der Waals surface area contributed by atoms with Gasteiger partial charge in [0.2, 0.25) is 11.8 Å². The standard InChI is InChI=1S/C28H32N2O5/c1-4-33-21-8-6-19(7-9-21)24-17-35-26-16-25(34-5-2)22(15-23(24)26)18(3)14-27(31)30-12-10-20(11-13-30)28(29)32/h6-9,14-17,20H,4-5,10-13H2,1-3H3,(H2,29,32)/b18-14+. The van der Waals surface area contributed by atoms with Crippen molar-refractivity contribution >= 4 is 28.4 Å². The number of benzene rings is 2. The number of ether oxygens (including phenoxy) is 2. The maximum atomic E-state index is 13.0. The van der Waals surface area contributed by atoms with Gasteiger partial charge in [-0.3, -0.25) is 9.59 Å². The lowest BCUT2D eigenvalue weighted by Gasteiger charge is -2.30. The number of furan rings is 1. The second-order valence-corrected chi connectivity index (χ2v) is 8.71. The minimum absolute atomic E-state index is 0.0769. The molecule has 2 N–H and O–H groups in total. The molecule has 1 aliphatic heterocycles.